The molecule has 1 fully saturated rings. The molecule has 22 heavy (non-hydrogen) atoms. The van der Waals surface area contributed by atoms with Gasteiger partial charge in [0.05, 0.1) is 35.7 Å². The van der Waals surface area contributed by atoms with Crippen molar-refractivity contribution in [3.05, 3.63) is 35.8 Å². The van der Waals surface area contributed by atoms with Gasteiger partial charge in [0.2, 0.25) is 0 Å². The summed E-state index contributed by atoms with van der Waals surface area (Å²) >= 11 is 0. The van der Waals surface area contributed by atoms with E-state index in [-0.39, 0.29) is 6.42 Å². The molecule has 3 N–H and O–H groups in total. The van der Waals surface area contributed by atoms with Gasteiger partial charge in [-0.1, -0.05) is 12.5 Å². The topological polar surface area (TPSA) is 55.3 Å². The van der Waals surface area contributed by atoms with Crippen molar-refractivity contribution in [2.45, 2.75) is 37.6 Å². The molecule has 1 unspecified atom stereocenters. The van der Waals surface area contributed by atoms with E-state index in [2.05, 4.69) is 15.1 Å². The third-order valence-corrected chi connectivity index (χ3v) is 4.09. The summed E-state index contributed by atoms with van der Waals surface area (Å²) < 4.78 is 28.1. The Morgan fingerprint density at radius 3 is 2.91 bits per heavy atom. The van der Waals surface area contributed by atoms with Gasteiger partial charge >= 0.3 is 0 Å². The number of hydrogen-bond donors (Lipinski definition) is 2. The van der Waals surface area contributed by atoms with Crippen LogP contribution >= 0.6 is 0 Å². The van der Waals surface area contributed by atoms with Gasteiger partial charge in [-0.2, -0.15) is 0 Å². The van der Waals surface area contributed by atoms with Crippen LogP contribution in [0.4, 0.5) is 25.8 Å². The SMILES string of the molecule is [C-]#[N+]c1ccc2ncc(N)c(NC3CCCCC3(F)F)c2c1. The maximum Gasteiger partial charge on any atom is 0.267 e. The number of halogens is 2. The molecule has 3 rings (SSSR count). The summed E-state index contributed by atoms with van der Waals surface area (Å²) in [5.74, 6) is -2.75. The van der Waals surface area contributed by atoms with Crippen molar-refractivity contribution in [3.8, 4) is 0 Å². The number of nitrogen functional groups attached to an aromatic ring is 1. The Morgan fingerprint density at radius 2 is 2.18 bits per heavy atom. The van der Waals surface area contributed by atoms with Gasteiger partial charge in [-0.05, 0) is 25.0 Å². The second-order valence-electron chi connectivity index (χ2n) is 5.61. The smallest absolute Gasteiger partial charge is 0.267 e. The van der Waals surface area contributed by atoms with Crippen LogP contribution in [0.1, 0.15) is 25.7 Å². The first-order valence-corrected chi connectivity index (χ1v) is 7.21. The number of benzene rings is 1. The molecule has 0 saturated heterocycles. The van der Waals surface area contributed by atoms with Crippen LogP contribution in [-0.2, 0) is 0 Å². The minimum absolute atomic E-state index is 0.110. The summed E-state index contributed by atoms with van der Waals surface area (Å²) in [6, 6.07) is 4.05. The van der Waals surface area contributed by atoms with E-state index in [4.69, 9.17) is 12.3 Å². The van der Waals surface area contributed by atoms with Crippen LogP contribution < -0.4 is 11.1 Å². The Balaban J connectivity index is 2.05. The van der Waals surface area contributed by atoms with Crippen LogP contribution in [0.5, 0.6) is 0 Å². The molecule has 0 spiro atoms. The lowest BCUT2D eigenvalue weighted by Gasteiger charge is -2.33. The number of rotatable bonds is 2. The van der Waals surface area contributed by atoms with Gasteiger partial charge < -0.3 is 11.1 Å². The Bertz CT molecular complexity index is 752. The molecule has 1 aromatic heterocycles. The van der Waals surface area contributed by atoms with Crippen LogP contribution in [-0.4, -0.2) is 16.9 Å². The highest BCUT2D eigenvalue weighted by atomic mass is 19.3. The minimum atomic E-state index is -2.75. The fourth-order valence-corrected chi connectivity index (χ4v) is 2.87. The molecule has 1 atom stereocenters. The fourth-order valence-electron chi connectivity index (χ4n) is 2.87. The highest BCUT2D eigenvalue weighted by molar-refractivity contribution is 5.98. The molecule has 114 valence electrons. The second kappa shape index (κ2) is 5.41. The Labute approximate surface area is 127 Å². The van der Waals surface area contributed by atoms with Crippen molar-refractivity contribution in [1.82, 2.24) is 4.98 Å². The Morgan fingerprint density at radius 1 is 1.36 bits per heavy atom. The lowest BCUT2D eigenvalue weighted by Crippen LogP contribution is -2.42. The van der Waals surface area contributed by atoms with E-state index in [1.54, 1.807) is 18.2 Å². The maximum atomic E-state index is 14.1. The van der Waals surface area contributed by atoms with Crippen molar-refractivity contribution in [3.63, 3.8) is 0 Å². The number of nitrogens with two attached hydrogens (primary N) is 1. The summed E-state index contributed by atoms with van der Waals surface area (Å²) in [5.41, 5.74) is 7.76. The number of alkyl halides is 2. The average molecular weight is 302 g/mol. The van der Waals surface area contributed by atoms with Gasteiger partial charge in [0.25, 0.3) is 5.92 Å². The summed E-state index contributed by atoms with van der Waals surface area (Å²) in [7, 11) is 0. The highest BCUT2D eigenvalue weighted by Crippen LogP contribution is 2.38. The van der Waals surface area contributed by atoms with Crippen LogP contribution in [0.2, 0.25) is 0 Å². The number of fused-ring (bicyclic) bond motifs is 1. The first-order chi connectivity index (χ1) is 10.5. The van der Waals surface area contributed by atoms with E-state index in [1.165, 1.54) is 6.20 Å². The zero-order chi connectivity index (χ0) is 15.7. The quantitative estimate of drug-likeness (QED) is 0.810. The van der Waals surface area contributed by atoms with Gasteiger partial charge in [-0.15, -0.1) is 0 Å². The normalized spacial score (nSPS) is 20.5. The van der Waals surface area contributed by atoms with E-state index in [0.717, 1.165) is 6.42 Å². The van der Waals surface area contributed by atoms with Crippen LogP contribution in [0.3, 0.4) is 0 Å². The number of hydrogen-bond acceptors (Lipinski definition) is 3. The van der Waals surface area contributed by atoms with Crippen molar-refractivity contribution < 1.29 is 8.78 Å². The molecule has 6 heteroatoms. The van der Waals surface area contributed by atoms with Gasteiger partial charge in [-0.3, -0.25) is 4.98 Å². The van der Waals surface area contributed by atoms with E-state index >= 15 is 0 Å². The largest absolute Gasteiger partial charge is 0.396 e. The first kappa shape index (κ1) is 14.5. The maximum absolute atomic E-state index is 14.1. The second-order valence-corrected chi connectivity index (χ2v) is 5.61. The summed E-state index contributed by atoms with van der Waals surface area (Å²) in [6.45, 7) is 7.09. The molecule has 2 aromatic rings. The monoisotopic (exact) mass is 302 g/mol. The number of nitrogens with zero attached hydrogens (tertiary/aromatic N) is 2. The predicted octanol–water partition coefficient (Wildman–Crippen LogP) is 4.36. The molecule has 0 radical (unpaired) electrons. The molecule has 1 heterocycles. The van der Waals surface area contributed by atoms with Crippen LogP contribution in [0.25, 0.3) is 15.7 Å². The molecule has 0 aliphatic heterocycles. The number of pyridine rings is 1. The number of aromatic nitrogens is 1. The molecular weight excluding hydrogens is 286 g/mol. The minimum Gasteiger partial charge on any atom is -0.396 e. The Hall–Kier alpha value is -2.42. The van der Waals surface area contributed by atoms with Crippen molar-refractivity contribution in [2.75, 3.05) is 11.1 Å². The van der Waals surface area contributed by atoms with E-state index in [0.29, 0.717) is 40.8 Å². The predicted molar refractivity (Wildman–Crippen MR) is 83.2 cm³/mol. The van der Waals surface area contributed by atoms with E-state index < -0.39 is 12.0 Å². The third kappa shape index (κ3) is 2.54. The molecule has 1 saturated carbocycles. The first-order valence-electron chi connectivity index (χ1n) is 7.21. The fraction of sp³-hybridized carbons (Fsp3) is 0.375. The summed E-state index contributed by atoms with van der Waals surface area (Å²) in [6.07, 6.45) is 3.06. The zero-order valence-electron chi connectivity index (χ0n) is 11.9. The average Bonchev–Trinajstić information content (AvgIpc) is 2.51. The number of nitrogens with one attached hydrogen (secondary N) is 1. The third-order valence-electron chi connectivity index (χ3n) is 4.09. The summed E-state index contributed by atoms with van der Waals surface area (Å²) in [4.78, 5) is 7.56. The lowest BCUT2D eigenvalue weighted by atomic mass is 9.91. The van der Waals surface area contributed by atoms with E-state index in [1.807, 2.05) is 0 Å². The molecule has 0 amide bonds. The zero-order valence-corrected chi connectivity index (χ0v) is 11.9. The molecular formula is C16H16F2N4. The van der Waals surface area contributed by atoms with Gasteiger partial charge in [0.1, 0.15) is 0 Å². The van der Waals surface area contributed by atoms with Crippen LogP contribution in [0, 0.1) is 6.57 Å². The Kier molecular flexibility index (Phi) is 3.57. The summed E-state index contributed by atoms with van der Waals surface area (Å²) in [5, 5.41) is 3.52. The van der Waals surface area contributed by atoms with Crippen molar-refractivity contribution in [2.24, 2.45) is 0 Å². The van der Waals surface area contributed by atoms with Crippen LogP contribution in [0.15, 0.2) is 24.4 Å². The highest BCUT2D eigenvalue weighted by Gasteiger charge is 2.41. The van der Waals surface area contributed by atoms with Gasteiger partial charge in [0, 0.05) is 11.8 Å². The molecule has 1 aromatic carbocycles. The molecule has 4 nitrogen and oxygen atoms in total. The molecule has 1 aliphatic rings. The van der Waals surface area contributed by atoms with Crippen molar-refractivity contribution >= 4 is 28.0 Å². The molecule has 1 aliphatic carbocycles. The van der Waals surface area contributed by atoms with Gasteiger partial charge in [0.15, 0.2) is 5.69 Å². The van der Waals surface area contributed by atoms with E-state index in [9.17, 15) is 8.78 Å². The van der Waals surface area contributed by atoms with Crippen molar-refractivity contribution in [1.29, 1.82) is 0 Å². The van der Waals surface area contributed by atoms with Gasteiger partial charge in [-0.25, -0.2) is 13.6 Å². The molecule has 0 bridgehead atoms. The lowest BCUT2D eigenvalue weighted by molar-refractivity contribution is -0.0448. The number of anilines is 2. The standard InChI is InChI=1S/C16H16F2N4/c1-20-10-5-6-13-11(8-10)15(12(19)9-21-13)22-14-4-2-3-7-16(14,17)18/h5-6,8-9,14H,2-4,7,19H2,(H,21,22).